The number of carbonyl (C=O) groups is 1. The van der Waals surface area contributed by atoms with Crippen molar-refractivity contribution in [1.29, 1.82) is 10.7 Å². The van der Waals surface area contributed by atoms with Gasteiger partial charge in [-0.15, -0.1) is 0 Å². The molecule has 0 bridgehead atoms. The maximum Gasteiger partial charge on any atom is 0.410 e. The van der Waals surface area contributed by atoms with Gasteiger partial charge in [-0.1, -0.05) is 0 Å². The molecule has 0 saturated heterocycles. The molecule has 0 rings (SSSR count). The Morgan fingerprint density at radius 1 is 1.53 bits per heavy atom. The van der Waals surface area contributed by atoms with Crippen LogP contribution < -0.4 is 5.32 Å². The third kappa shape index (κ3) is 6.25. The van der Waals surface area contributed by atoms with E-state index in [9.17, 15) is 4.79 Å². The Bertz CT molecular complexity index is 432. The van der Waals surface area contributed by atoms with E-state index in [4.69, 9.17) is 15.4 Å². The van der Waals surface area contributed by atoms with Gasteiger partial charge in [0.15, 0.2) is 0 Å². The molecule has 0 fully saturated rings. The summed E-state index contributed by atoms with van der Waals surface area (Å²) in [6.07, 6.45) is -0.468. The van der Waals surface area contributed by atoms with Crippen LogP contribution in [0.5, 0.6) is 0 Å². The maximum absolute atomic E-state index is 11.8. The molecule has 0 saturated carbocycles. The number of nitrogens with one attached hydrogen (secondary N) is 2. The Kier molecular flexibility index (Phi) is 6.56. The second-order valence-corrected chi connectivity index (χ2v) is 5.66. The number of hydrogen-bond acceptors (Lipinski definition) is 5. The van der Waals surface area contributed by atoms with E-state index in [0.29, 0.717) is 10.2 Å². The van der Waals surface area contributed by atoms with Gasteiger partial charge in [0.1, 0.15) is 17.4 Å². The van der Waals surface area contributed by atoms with Crippen LogP contribution in [-0.2, 0) is 4.74 Å². The number of carbonyl (C=O) groups excluding carboxylic acids is 1. The fourth-order valence-corrected chi connectivity index (χ4v) is 1.51. The lowest BCUT2D eigenvalue weighted by Gasteiger charge is -2.25. The van der Waals surface area contributed by atoms with Gasteiger partial charge in [-0.05, 0) is 36.7 Å². The number of halogens is 1. The van der Waals surface area contributed by atoms with Crippen LogP contribution in [0.1, 0.15) is 20.8 Å². The van der Waals surface area contributed by atoms with Gasteiger partial charge in [-0.25, -0.2) is 4.79 Å². The molecule has 7 heteroatoms. The second kappa shape index (κ2) is 7.14. The van der Waals surface area contributed by atoms with Crippen molar-refractivity contribution in [2.45, 2.75) is 26.4 Å². The standard InChI is InChI=1S/C12H19BrN4O2/c1-12(2,3)19-11(18)17(5)7-9(16-4)10(13)8(15)6-14/h15-16H,7H2,1-5H3/b10-9+,15-8?. The van der Waals surface area contributed by atoms with E-state index >= 15 is 0 Å². The van der Waals surface area contributed by atoms with Crippen LogP contribution in [0, 0.1) is 16.7 Å². The van der Waals surface area contributed by atoms with Crippen LogP contribution in [-0.4, -0.2) is 42.9 Å². The lowest BCUT2D eigenvalue weighted by Crippen LogP contribution is -2.37. The highest BCUT2D eigenvalue weighted by atomic mass is 79.9. The Balaban J connectivity index is 4.88. The first kappa shape index (κ1) is 17.4. The first-order chi connectivity index (χ1) is 8.62. The van der Waals surface area contributed by atoms with E-state index in [2.05, 4.69) is 21.2 Å². The summed E-state index contributed by atoms with van der Waals surface area (Å²) in [5, 5.41) is 19.0. The molecule has 0 aromatic rings. The minimum atomic E-state index is -0.564. The van der Waals surface area contributed by atoms with Gasteiger partial charge in [-0.2, -0.15) is 5.26 Å². The summed E-state index contributed by atoms with van der Waals surface area (Å²) in [6, 6.07) is 1.72. The maximum atomic E-state index is 11.8. The average molecular weight is 331 g/mol. The molecule has 6 nitrogen and oxygen atoms in total. The predicted molar refractivity (Wildman–Crippen MR) is 77.2 cm³/mol. The summed E-state index contributed by atoms with van der Waals surface area (Å²) >= 11 is 3.16. The summed E-state index contributed by atoms with van der Waals surface area (Å²) in [7, 11) is 3.24. The highest BCUT2D eigenvalue weighted by Crippen LogP contribution is 2.14. The first-order valence-corrected chi connectivity index (χ1v) is 6.41. The molecule has 0 aliphatic rings. The van der Waals surface area contributed by atoms with E-state index in [0.717, 1.165) is 0 Å². The molecule has 0 spiro atoms. The molecule has 106 valence electrons. The van der Waals surface area contributed by atoms with Crippen molar-refractivity contribution in [2.24, 2.45) is 0 Å². The van der Waals surface area contributed by atoms with Crippen molar-refractivity contribution in [3.63, 3.8) is 0 Å². The minimum Gasteiger partial charge on any atom is -0.444 e. The van der Waals surface area contributed by atoms with Gasteiger partial charge in [0.2, 0.25) is 0 Å². The number of rotatable bonds is 4. The number of allylic oxidation sites excluding steroid dienone is 1. The van der Waals surface area contributed by atoms with Crippen LogP contribution >= 0.6 is 15.9 Å². The van der Waals surface area contributed by atoms with Crippen molar-refractivity contribution in [3.8, 4) is 6.07 Å². The van der Waals surface area contributed by atoms with E-state index in [1.54, 1.807) is 40.9 Å². The molecule has 0 unspecified atom stereocenters. The molecule has 19 heavy (non-hydrogen) atoms. The largest absolute Gasteiger partial charge is 0.444 e. The zero-order valence-electron chi connectivity index (χ0n) is 11.8. The van der Waals surface area contributed by atoms with Crippen molar-refractivity contribution in [2.75, 3.05) is 20.6 Å². The molecule has 0 aromatic carbocycles. The van der Waals surface area contributed by atoms with Crippen LogP contribution in [0.25, 0.3) is 0 Å². The molecule has 0 aliphatic heterocycles. The van der Waals surface area contributed by atoms with Gasteiger partial charge >= 0.3 is 6.09 Å². The van der Waals surface area contributed by atoms with Gasteiger partial charge in [-0.3, -0.25) is 5.41 Å². The Labute approximate surface area is 122 Å². The summed E-state index contributed by atoms with van der Waals surface area (Å²) < 4.78 is 5.54. The Hall–Kier alpha value is -1.55. The SMILES string of the molecule is CN/C(CN(C)C(=O)OC(C)(C)C)=C(/Br)C(=N)C#N. The number of likely N-dealkylation sites (N-methyl/N-ethyl adjacent to an activating group) is 2. The van der Waals surface area contributed by atoms with Gasteiger partial charge in [0, 0.05) is 19.8 Å². The zero-order chi connectivity index (χ0) is 15.2. The Morgan fingerprint density at radius 2 is 2.05 bits per heavy atom. The molecule has 0 aromatic heterocycles. The molecule has 0 heterocycles. The normalized spacial score (nSPS) is 12.1. The summed E-state index contributed by atoms with van der Waals surface area (Å²) in [6.45, 7) is 5.56. The van der Waals surface area contributed by atoms with E-state index in [1.807, 2.05) is 0 Å². The Morgan fingerprint density at radius 3 is 2.42 bits per heavy atom. The van der Waals surface area contributed by atoms with Gasteiger partial charge < -0.3 is 15.0 Å². The fourth-order valence-electron chi connectivity index (χ4n) is 1.10. The smallest absolute Gasteiger partial charge is 0.410 e. The number of nitriles is 1. The lowest BCUT2D eigenvalue weighted by atomic mass is 10.2. The molecule has 0 aliphatic carbocycles. The van der Waals surface area contributed by atoms with E-state index < -0.39 is 11.7 Å². The van der Waals surface area contributed by atoms with Crippen LogP contribution in [0.2, 0.25) is 0 Å². The lowest BCUT2D eigenvalue weighted by molar-refractivity contribution is 0.0311. The van der Waals surface area contributed by atoms with Crippen LogP contribution in [0.15, 0.2) is 10.2 Å². The van der Waals surface area contributed by atoms with Crippen molar-refractivity contribution >= 4 is 27.7 Å². The monoisotopic (exact) mass is 330 g/mol. The molecule has 0 radical (unpaired) electrons. The van der Waals surface area contributed by atoms with Gasteiger partial charge in [0.25, 0.3) is 0 Å². The number of hydrogen-bond donors (Lipinski definition) is 2. The number of nitrogens with zero attached hydrogens (tertiary/aromatic N) is 2. The molecule has 2 N–H and O–H groups in total. The quantitative estimate of drug-likeness (QED) is 0.773. The summed E-state index contributed by atoms with van der Waals surface area (Å²) in [5.74, 6) is 0. The molecular weight excluding hydrogens is 312 g/mol. The highest BCUT2D eigenvalue weighted by Gasteiger charge is 2.21. The summed E-state index contributed by atoms with van der Waals surface area (Å²) in [4.78, 5) is 13.2. The minimum absolute atomic E-state index is 0.204. The van der Waals surface area contributed by atoms with Crippen LogP contribution in [0.3, 0.4) is 0 Å². The van der Waals surface area contributed by atoms with Crippen LogP contribution in [0.4, 0.5) is 4.79 Å². The van der Waals surface area contributed by atoms with Crippen molar-refractivity contribution in [3.05, 3.63) is 10.2 Å². The topological polar surface area (TPSA) is 89.2 Å². The van der Waals surface area contributed by atoms with E-state index in [1.165, 1.54) is 4.90 Å². The third-order valence-electron chi connectivity index (χ3n) is 2.00. The fraction of sp³-hybridized carbons (Fsp3) is 0.583. The first-order valence-electron chi connectivity index (χ1n) is 5.62. The second-order valence-electron chi connectivity index (χ2n) is 4.87. The summed E-state index contributed by atoms with van der Waals surface area (Å²) in [5.41, 5.74) is -0.215. The average Bonchev–Trinajstić information content (AvgIpc) is 2.31. The van der Waals surface area contributed by atoms with Crippen molar-refractivity contribution in [1.82, 2.24) is 10.2 Å². The molecule has 1 amide bonds. The number of ether oxygens (including phenoxy) is 1. The molecule has 0 atom stereocenters. The predicted octanol–water partition coefficient (Wildman–Crippen LogP) is 2.22. The zero-order valence-corrected chi connectivity index (χ0v) is 13.4. The molecular formula is C12H19BrN4O2. The van der Waals surface area contributed by atoms with E-state index in [-0.39, 0.29) is 12.3 Å². The van der Waals surface area contributed by atoms with Gasteiger partial charge in [0.05, 0.1) is 11.0 Å². The number of amides is 1. The third-order valence-corrected chi connectivity index (χ3v) is 2.87. The highest BCUT2D eigenvalue weighted by molar-refractivity contribution is 9.12. The van der Waals surface area contributed by atoms with Crippen molar-refractivity contribution < 1.29 is 9.53 Å².